The Morgan fingerprint density at radius 3 is 2.71 bits per heavy atom. The van der Waals surface area contributed by atoms with Crippen LogP contribution in [0.25, 0.3) is 16.5 Å². The third-order valence-corrected chi connectivity index (χ3v) is 5.18. The van der Waals surface area contributed by atoms with Crippen LogP contribution in [0.5, 0.6) is 0 Å². The van der Waals surface area contributed by atoms with E-state index >= 15 is 0 Å². The fraction of sp³-hybridized carbons (Fsp3) is 0.348. The zero-order chi connectivity index (χ0) is 19.9. The van der Waals surface area contributed by atoms with Crippen molar-refractivity contribution in [2.75, 3.05) is 25.5 Å². The fourth-order valence-corrected chi connectivity index (χ4v) is 3.97. The topological polar surface area (TPSA) is 64.4 Å². The number of furan rings is 1. The lowest BCUT2D eigenvalue weighted by molar-refractivity contribution is 0.101. The van der Waals surface area contributed by atoms with Crippen molar-refractivity contribution in [3.05, 3.63) is 65.8 Å². The number of aromatic nitrogens is 1. The summed E-state index contributed by atoms with van der Waals surface area (Å²) in [4.78, 5) is 15.2. The number of rotatable bonds is 4. The Morgan fingerprint density at radius 2 is 2.07 bits per heavy atom. The van der Waals surface area contributed by atoms with Crippen LogP contribution in [0.1, 0.15) is 48.9 Å². The molecule has 3 heterocycles. The van der Waals surface area contributed by atoms with E-state index in [0.29, 0.717) is 16.7 Å². The molecule has 0 unspecified atom stereocenters. The molecule has 0 aliphatic carbocycles. The first-order valence-electron chi connectivity index (χ1n) is 9.72. The first kappa shape index (κ1) is 18.6. The number of hydrogen-bond acceptors (Lipinski definition) is 4. The maximum atomic E-state index is 12.7. The average molecular weight is 377 g/mol. The van der Waals surface area contributed by atoms with Crippen LogP contribution in [-0.4, -0.2) is 35.0 Å². The first-order chi connectivity index (χ1) is 13.3. The van der Waals surface area contributed by atoms with E-state index in [1.165, 1.54) is 11.8 Å². The summed E-state index contributed by atoms with van der Waals surface area (Å²) in [5, 5.41) is 1.01. The molecule has 4 rings (SSSR count). The molecular weight excluding hydrogens is 350 g/mol. The molecule has 0 radical (unpaired) electrons. The summed E-state index contributed by atoms with van der Waals surface area (Å²) < 4.78 is 6.92. The highest BCUT2D eigenvalue weighted by Gasteiger charge is 2.21. The zero-order valence-corrected chi connectivity index (χ0v) is 16.7. The molecule has 2 N–H and O–H groups in total. The van der Waals surface area contributed by atoms with Gasteiger partial charge >= 0.3 is 0 Å². The van der Waals surface area contributed by atoms with E-state index in [1.54, 1.807) is 22.9 Å². The van der Waals surface area contributed by atoms with Crippen molar-refractivity contribution in [3.8, 4) is 0 Å². The lowest BCUT2D eigenvalue weighted by Crippen LogP contribution is -2.35. The molecule has 0 bridgehead atoms. The number of carbonyl (C=O) groups excluding carboxylic acids is 1. The van der Waals surface area contributed by atoms with Gasteiger partial charge in [-0.1, -0.05) is 26.8 Å². The van der Waals surface area contributed by atoms with Gasteiger partial charge in [0.2, 0.25) is 5.78 Å². The molecule has 146 valence electrons. The van der Waals surface area contributed by atoms with E-state index in [2.05, 4.69) is 31.7 Å². The van der Waals surface area contributed by atoms with E-state index < -0.39 is 0 Å². The minimum absolute atomic E-state index is 0.114. The van der Waals surface area contributed by atoms with E-state index in [4.69, 9.17) is 10.3 Å². The summed E-state index contributed by atoms with van der Waals surface area (Å²) in [6, 6.07) is 9.06. The highest BCUT2D eigenvalue weighted by Crippen LogP contribution is 2.32. The molecule has 2 aromatic heterocycles. The van der Waals surface area contributed by atoms with Crippen LogP contribution in [0.4, 0.5) is 0 Å². The van der Waals surface area contributed by atoms with Gasteiger partial charge in [0.15, 0.2) is 5.76 Å². The molecule has 0 amide bonds. The zero-order valence-electron chi connectivity index (χ0n) is 16.7. The number of fused-ring (bicyclic) bond motifs is 1. The second-order valence-electron chi connectivity index (χ2n) is 8.76. The third-order valence-electron chi connectivity index (χ3n) is 5.18. The number of ketones is 1. The Bertz CT molecular complexity index is 1040. The van der Waals surface area contributed by atoms with Gasteiger partial charge in [-0.3, -0.25) is 14.4 Å². The lowest BCUT2D eigenvalue weighted by Gasteiger charge is -2.32. The molecule has 0 spiro atoms. The number of carbonyl (C=O) groups is 1. The van der Waals surface area contributed by atoms with Crippen molar-refractivity contribution in [1.82, 2.24) is 9.58 Å². The summed E-state index contributed by atoms with van der Waals surface area (Å²) in [6.07, 6.45) is 6.76. The van der Waals surface area contributed by atoms with Crippen molar-refractivity contribution in [2.24, 2.45) is 5.41 Å². The van der Waals surface area contributed by atoms with Crippen LogP contribution >= 0.6 is 0 Å². The van der Waals surface area contributed by atoms with E-state index in [1.807, 2.05) is 18.3 Å². The van der Waals surface area contributed by atoms with E-state index in [9.17, 15) is 4.79 Å². The van der Waals surface area contributed by atoms with Gasteiger partial charge in [0.25, 0.3) is 0 Å². The maximum absolute atomic E-state index is 12.7. The van der Waals surface area contributed by atoms with Gasteiger partial charge in [0.05, 0.1) is 11.8 Å². The van der Waals surface area contributed by atoms with Gasteiger partial charge in [0, 0.05) is 42.3 Å². The SMILES string of the molecule is CC(C)(C)CN1CC=C(c2cn(N)c3ccc(C(=O)c4ccco4)cc23)CC1. The molecule has 0 atom stereocenters. The largest absolute Gasteiger partial charge is 0.461 e. The minimum Gasteiger partial charge on any atom is -0.461 e. The van der Waals surface area contributed by atoms with Gasteiger partial charge in [-0.2, -0.15) is 0 Å². The van der Waals surface area contributed by atoms with Gasteiger partial charge < -0.3 is 10.3 Å². The fourth-order valence-electron chi connectivity index (χ4n) is 3.97. The highest BCUT2D eigenvalue weighted by atomic mass is 16.3. The highest BCUT2D eigenvalue weighted by molar-refractivity contribution is 6.09. The average Bonchev–Trinajstić information content (AvgIpc) is 3.29. The molecule has 3 aromatic rings. The molecule has 5 nitrogen and oxygen atoms in total. The Balaban J connectivity index is 1.66. The summed E-state index contributed by atoms with van der Waals surface area (Å²) in [5.41, 5.74) is 4.23. The minimum atomic E-state index is -0.114. The van der Waals surface area contributed by atoms with Crippen LogP contribution in [-0.2, 0) is 0 Å². The molecule has 0 fully saturated rings. The van der Waals surface area contributed by atoms with Gasteiger partial charge in [-0.15, -0.1) is 0 Å². The van der Waals surface area contributed by atoms with Crippen LogP contribution in [0.2, 0.25) is 0 Å². The Hall–Kier alpha value is -2.79. The smallest absolute Gasteiger partial charge is 0.228 e. The molecule has 5 heteroatoms. The summed E-state index contributed by atoms with van der Waals surface area (Å²) in [7, 11) is 0. The lowest BCUT2D eigenvalue weighted by atomic mass is 9.93. The van der Waals surface area contributed by atoms with Crippen molar-refractivity contribution >= 4 is 22.3 Å². The predicted molar refractivity (Wildman–Crippen MR) is 113 cm³/mol. The Labute approximate surface area is 165 Å². The standard InChI is InChI=1S/C23H27N3O2/c1-23(2,3)15-25-10-8-16(9-11-25)19-14-26(24)20-7-6-17(13-18(19)20)22(27)21-5-4-12-28-21/h4-8,12-14H,9-11,15,24H2,1-3H3. The van der Waals surface area contributed by atoms with Gasteiger partial charge in [-0.25, -0.2) is 0 Å². The van der Waals surface area contributed by atoms with Crippen LogP contribution < -0.4 is 5.84 Å². The molecule has 1 aliphatic rings. The molecule has 1 aromatic carbocycles. The second kappa shape index (κ2) is 6.99. The summed E-state index contributed by atoms with van der Waals surface area (Å²) in [6.45, 7) is 9.86. The monoisotopic (exact) mass is 377 g/mol. The molecule has 0 saturated carbocycles. The molecule has 0 saturated heterocycles. The number of benzene rings is 1. The molecular formula is C23H27N3O2. The normalized spacial score (nSPS) is 15.8. The summed E-state index contributed by atoms with van der Waals surface area (Å²) >= 11 is 0. The molecule has 1 aliphatic heterocycles. The van der Waals surface area contributed by atoms with Crippen LogP contribution in [0.15, 0.2) is 53.3 Å². The van der Waals surface area contributed by atoms with Crippen molar-refractivity contribution < 1.29 is 9.21 Å². The number of hydrogen-bond donors (Lipinski definition) is 1. The number of nitrogens with two attached hydrogens (primary N) is 1. The van der Waals surface area contributed by atoms with Gasteiger partial charge in [0.1, 0.15) is 0 Å². The van der Waals surface area contributed by atoms with Crippen molar-refractivity contribution in [2.45, 2.75) is 27.2 Å². The maximum Gasteiger partial charge on any atom is 0.228 e. The van der Waals surface area contributed by atoms with E-state index in [-0.39, 0.29) is 5.78 Å². The van der Waals surface area contributed by atoms with E-state index in [0.717, 1.165) is 42.5 Å². The van der Waals surface area contributed by atoms with Gasteiger partial charge in [-0.05, 0) is 47.7 Å². The van der Waals surface area contributed by atoms with Crippen molar-refractivity contribution in [1.29, 1.82) is 0 Å². The Morgan fingerprint density at radius 1 is 1.25 bits per heavy atom. The first-order valence-corrected chi connectivity index (χ1v) is 9.72. The van der Waals surface area contributed by atoms with Crippen LogP contribution in [0.3, 0.4) is 0 Å². The number of nitrogen functional groups attached to an aromatic ring is 1. The predicted octanol–water partition coefficient (Wildman–Crippen LogP) is 4.31. The van der Waals surface area contributed by atoms with Crippen molar-refractivity contribution in [3.63, 3.8) is 0 Å². The second-order valence-corrected chi connectivity index (χ2v) is 8.76. The quantitative estimate of drug-likeness (QED) is 0.543. The number of nitrogens with zero attached hydrogens (tertiary/aromatic N) is 2. The van der Waals surface area contributed by atoms with Crippen LogP contribution in [0, 0.1) is 5.41 Å². The third kappa shape index (κ3) is 3.62. The molecule has 28 heavy (non-hydrogen) atoms. The summed E-state index contributed by atoms with van der Waals surface area (Å²) in [5.74, 6) is 6.43. The Kier molecular flexibility index (Phi) is 4.63.